The second-order valence-electron chi connectivity index (χ2n) is 6.37. The summed E-state index contributed by atoms with van der Waals surface area (Å²) in [5.74, 6) is -0.445. The zero-order chi connectivity index (χ0) is 22.3. The lowest BCUT2D eigenvalue weighted by Gasteiger charge is -2.13. The molecule has 1 aliphatic heterocycles. The van der Waals surface area contributed by atoms with Crippen LogP contribution in [0, 0.1) is 0 Å². The summed E-state index contributed by atoms with van der Waals surface area (Å²) < 4.78 is 38.0. The van der Waals surface area contributed by atoms with E-state index in [9.17, 15) is 18.0 Å². The number of alkyl halides is 3. The van der Waals surface area contributed by atoms with Gasteiger partial charge in [0.1, 0.15) is 24.5 Å². The molecule has 1 atom stereocenters. The van der Waals surface area contributed by atoms with Crippen LogP contribution in [0.2, 0.25) is 5.02 Å². The van der Waals surface area contributed by atoms with Gasteiger partial charge in [-0.25, -0.2) is 4.98 Å². The molecule has 0 unspecified atom stereocenters. The fraction of sp³-hybridized carbons (Fsp3) is 0.263. The molecular formula is C19H17ClF3N5O3. The summed E-state index contributed by atoms with van der Waals surface area (Å²) in [6, 6.07) is 10.2. The highest BCUT2D eigenvalue weighted by molar-refractivity contribution is 6.40. The van der Waals surface area contributed by atoms with Gasteiger partial charge < -0.3 is 20.3 Å². The minimum absolute atomic E-state index is 0.0684. The summed E-state index contributed by atoms with van der Waals surface area (Å²) in [7, 11) is 0. The molecule has 164 valence electrons. The summed E-state index contributed by atoms with van der Waals surface area (Å²) in [4.78, 5) is 25.9. The number of oxime groups is 2. The van der Waals surface area contributed by atoms with Crippen LogP contribution in [0.25, 0.3) is 0 Å². The van der Waals surface area contributed by atoms with Gasteiger partial charge in [0.2, 0.25) is 0 Å². The Kier molecular flexibility index (Phi) is 7.29. The van der Waals surface area contributed by atoms with Crippen LogP contribution < -0.4 is 10.6 Å². The molecule has 2 N–H and O–H groups in total. The first-order valence-electron chi connectivity index (χ1n) is 9.01. The number of nitrogens with zero attached hydrogens (tertiary/aromatic N) is 3. The van der Waals surface area contributed by atoms with E-state index in [4.69, 9.17) is 21.3 Å². The molecule has 3 rings (SSSR count). The van der Waals surface area contributed by atoms with Crippen molar-refractivity contribution in [1.29, 1.82) is 0 Å². The second-order valence-corrected chi connectivity index (χ2v) is 6.78. The number of pyridine rings is 1. The number of amides is 1. The molecule has 0 aliphatic carbocycles. The predicted molar refractivity (Wildman–Crippen MR) is 108 cm³/mol. The van der Waals surface area contributed by atoms with Gasteiger partial charge >= 0.3 is 6.18 Å². The molecule has 1 aromatic heterocycles. The molecule has 8 nitrogen and oxygen atoms in total. The zero-order valence-electron chi connectivity index (χ0n) is 15.9. The molecule has 0 spiro atoms. The molecular weight excluding hydrogens is 439 g/mol. The molecule has 2 heterocycles. The number of hydrogen-bond donors (Lipinski definition) is 2. The van der Waals surface area contributed by atoms with Gasteiger partial charge in [-0.1, -0.05) is 52.2 Å². The SMILES string of the molecule is O=C(NC=NOCc1ccccc1)C1=NO[C@@H](CNc2ncc(C(F)(F)F)cc2Cl)C1. The number of nitrogens with one attached hydrogen (secondary N) is 2. The standard InChI is InChI=1S/C19H17ClF3N5O3/c20-15-6-13(19(21,22)23)8-24-17(15)25-9-14-7-16(28-31-14)18(29)26-11-27-30-10-12-4-2-1-3-5-12/h1-6,8,11,14H,7,9-10H2,(H,24,25)(H,26,27,29)/t14-/m1/s1. The van der Waals surface area contributed by atoms with Crippen molar-refractivity contribution < 1.29 is 27.6 Å². The third-order valence-corrected chi connectivity index (χ3v) is 4.35. The highest BCUT2D eigenvalue weighted by Crippen LogP contribution is 2.32. The average Bonchev–Trinajstić information content (AvgIpc) is 3.22. The number of benzene rings is 1. The first-order chi connectivity index (χ1) is 14.8. The van der Waals surface area contributed by atoms with Crippen LogP contribution in [0.3, 0.4) is 0 Å². The predicted octanol–water partition coefficient (Wildman–Crippen LogP) is 3.59. The molecule has 0 saturated carbocycles. The smallest absolute Gasteiger partial charge is 0.390 e. The number of rotatable bonds is 8. The van der Waals surface area contributed by atoms with Crippen LogP contribution in [0.1, 0.15) is 17.5 Å². The Morgan fingerprint density at radius 1 is 1.35 bits per heavy atom. The summed E-state index contributed by atoms with van der Waals surface area (Å²) in [6.07, 6.45) is -3.10. The van der Waals surface area contributed by atoms with Crippen molar-refractivity contribution in [1.82, 2.24) is 10.3 Å². The van der Waals surface area contributed by atoms with Gasteiger partial charge in [0, 0.05) is 12.6 Å². The fourth-order valence-electron chi connectivity index (χ4n) is 2.50. The van der Waals surface area contributed by atoms with E-state index in [1.165, 1.54) is 0 Å². The van der Waals surface area contributed by atoms with Crippen molar-refractivity contribution in [3.63, 3.8) is 0 Å². The van der Waals surface area contributed by atoms with Gasteiger partial charge in [-0.05, 0) is 11.6 Å². The highest BCUT2D eigenvalue weighted by Gasteiger charge is 2.32. The van der Waals surface area contributed by atoms with Crippen molar-refractivity contribution >= 4 is 35.4 Å². The van der Waals surface area contributed by atoms with E-state index in [2.05, 4.69) is 25.9 Å². The molecule has 31 heavy (non-hydrogen) atoms. The van der Waals surface area contributed by atoms with Crippen molar-refractivity contribution in [3.05, 3.63) is 58.7 Å². The van der Waals surface area contributed by atoms with Gasteiger partial charge in [0.15, 0.2) is 6.10 Å². The van der Waals surface area contributed by atoms with Crippen molar-refractivity contribution in [2.24, 2.45) is 10.3 Å². The summed E-state index contributed by atoms with van der Waals surface area (Å²) in [5, 5.41) is 12.4. The highest BCUT2D eigenvalue weighted by atomic mass is 35.5. The Bertz CT molecular complexity index is 970. The van der Waals surface area contributed by atoms with E-state index in [-0.39, 0.29) is 36.1 Å². The van der Waals surface area contributed by atoms with Crippen LogP contribution >= 0.6 is 11.6 Å². The Hall–Kier alpha value is -3.34. The van der Waals surface area contributed by atoms with E-state index >= 15 is 0 Å². The number of halogens is 4. The van der Waals surface area contributed by atoms with Crippen LogP contribution in [0.4, 0.5) is 19.0 Å². The van der Waals surface area contributed by atoms with Crippen LogP contribution in [0.5, 0.6) is 0 Å². The molecule has 12 heteroatoms. The fourth-order valence-corrected chi connectivity index (χ4v) is 2.73. The molecule has 0 radical (unpaired) electrons. The van der Waals surface area contributed by atoms with Gasteiger partial charge in [-0.15, -0.1) is 0 Å². The Labute approximate surface area is 180 Å². The van der Waals surface area contributed by atoms with E-state index in [1.807, 2.05) is 30.3 Å². The average molecular weight is 456 g/mol. The minimum atomic E-state index is -4.53. The lowest BCUT2D eigenvalue weighted by molar-refractivity contribution is -0.137. The van der Waals surface area contributed by atoms with Gasteiger partial charge in [-0.2, -0.15) is 13.2 Å². The van der Waals surface area contributed by atoms with E-state index in [0.29, 0.717) is 6.20 Å². The van der Waals surface area contributed by atoms with E-state index < -0.39 is 23.8 Å². The maximum Gasteiger partial charge on any atom is 0.417 e. The first-order valence-corrected chi connectivity index (χ1v) is 9.38. The molecule has 0 saturated heterocycles. The van der Waals surface area contributed by atoms with Crippen molar-refractivity contribution in [3.8, 4) is 0 Å². The Morgan fingerprint density at radius 3 is 2.84 bits per heavy atom. The monoisotopic (exact) mass is 455 g/mol. The molecule has 0 fully saturated rings. The largest absolute Gasteiger partial charge is 0.417 e. The van der Waals surface area contributed by atoms with Crippen LogP contribution in [0.15, 0.2) is 52.9 Å². The molecule has 2 aromatic rings. The number of hydrogen-bond acceptors (Lipinski definition) is 7. The molecule has 1 aliphatic rings. The molecule has 0 bridgehead atoms. The van der Waals surface area contributed by atoms with Gasteiger partial charge in [-0.3, -0.25) is 4.79 Å². The normalized spacial score (nSPS) is 16.0. The van der Waals surface area contributed by atoms with Crippen molar-refractivity contribution in [2.45, 2.75) is 25.3 Å². The number of anilines is 1. The Balaban J connectivity index is 1.39. The zero-order valence-corrected chi connectivity index (χ0v) is 16.7. The lowest BCUT2D eigenvalue weighted by atomic mass is 10.1. The Morgan fingerprint density at radius 2 is 2.13 bits per heavy atom. The van der Waals surface area contributed by atoms with Crippen LogP contribution in [-0.2, 0) is 27.3 Å². The topological polar surface area (TPSA) is 97.2 Å². The quantitative estimate of drug-likeness (QED) is 0.360. The maximum absolute atomic E-state index is 12.7. The number of carbonyl (C=O) groups is 1. The third-order valence-electron chi connectivity index (χ3n) is 4.06. The molecule has 1 amide bonds. The van der Waals surface area contributed by atoms with E-state index in [1.54, 1.807) is 0 Å². The number of carbonyl (C=O) groups excluding carboxylic acids is 1. The summed E-state index contributed by atoms with van der Waals surface area (Å²) in [5.41, 5.74) is 0.113. The van der Waals surface area contributed by atoms with Gasteiger partial charge in [0.05, 0.1) is 17.1 Å². The van der Waals surface area contributed by atoms with Crippen molar-refractivity contribution in [2.75, 3.05) is 11.9 Å². The number of aromatic nitrogens is 1. The minimum Gasteiger partial charge on any atom is -0.390 e. The van der Waals surface area contributed by atoms with Crippen LogP contribution in [-0.4, -0.2) is 35.6 Å². The lowest BCUT2D eigenvalue weighted by Crippen LogP contribution is -2.31. The maximum atomic E-state index is 12.7. The molecule has 1 aromatic carbocycles. The van der Waals surface area contributed by atoms with Gasteiger partial charge in [0.25, 0.3) is 5.91 Å². The summed E-state index contributed by atoms with van der Waals surface area (Å²) >= 11 is 5.84. The third kappa shape index (κ3) is 6.57. The second kappa shape index (κ2) is 10.1. The van der Waals surface area contributed by atoms with E-state index in [0.717, 1.165) is 18.0 Å². The first kappa shape index (κ1) is 22.3. The summed E-state index contributed by atoms with van der Waals surface area (Å²) in [6.45, 7) is 0.387.